The maximum atomic E-state index is 12.1. The molecule has 0 saturated heterocycles. The van der Waals surface area contributed by atoms with E-state index in [9.17, 15) is 8.42 Å². The van der Waals surface area contributed by atoms with E-state index in [0.717, 1.165) is 17.1 Å². The molecule has 0 N–H and O–H groups in total. The lowest BCUT2D eigenvalue weighted by molar-refractivity contribution is 0.242. The second kappa shape index (κ2) is 7.52. The summed E-state index contributed by atoms with van der Waals surface area (Å²) in [6, 6.07) is 0.160. The van der Waals surface area contributed by atoms with Gasteiger partial charge in [0.05, 0.1) is 17.6 Å². The number of hydrogen-bond donors (Lipinski definition) is 0. The third-order valence-corrected chi connectivity index (χ3v) is 5.83. The molecule has 0 saturated carbocycles. The fourth-order valence-electron chi connectivity index (χ4n) is 3.38. The Kier molecular flexibility index (Phi) is 5.97. The average molecular weight is 382 g/mol. The van der Waals surface area contributed by atoms with Crippen LogP contribution in [-0.4, -0.2) is 46.0 Å². The zero-order valence-corrected chi connectivity index (χ0v) is 17.9. The van der Waals surface area contributed by atoms with E-state index >= 15 is 0 Å². The van der Waals surface area contributed by atoms with Crippen molar-refractivity contribution in [3.8, 4) is 0 Å². The maximum absolute atomic E-state index is 12.1. The van der Waals surface area contributed by atoms with Crippen molar-refractivity contribution in [1.29, 1.82) is 0 Å². The van der Waals surface area contributed by atoms with E-state index in [2.05, 4.69) is 42.7 Å². The van der Waals surface area contributed by atoms with Gasteiger partial charge in [0.1, 0.15) is 0 Å². The number of hydrogen-bond acceptors (Lipinski definition) is 5. The van der Waals surface area contributed by atoms with E-state index in [1.807, 2.05) is 30.3 Å². The molecule has 2 heterocycles. The summed E-state index contributed by atoms with van der Waals surface area (Å²) in [7, 11) is 0.641. The number of nitrogens with zero attached hydrogens (tertiary/aromatic N) is 5. The average Bonchev–Trinajstić information content (AvgIpc) is 2.99. The van der Waals surface area contributed by atoms with Gasteiger partial charge in [0.25, 0.3) is 0 Å². The van der Waals surface area contributed by atoms with Gasteiger partial charge in [-0.2, -0.15) is 5.10 Å². The van der Waals surface area contributed by atoms with Gasteiger partial charge in [0.2, 0.25) is 15.0 Å². The van der Waals surface area contributed by atoms with Crippen LogP contribution in [0.15, 0.2) is 11.4 Å². The van der Waals surface area contributed by atoms with Crippen LogP contribution in [0.1, 0.15) is 49.5 Å². The van der Waals surface area contributed by atoms with Crippen LogP contribution in [0.2, 0.25) is 0 Å². The van der Waals surface area contributed by atoms with Crippen molar-refractivity contribution in [3.63, 3.8) is 0 Å². The quantitative estimate of drug-likeness (QED) is 0.737. The highest BCUT2D eigenvalue weighted by atomic mass is 32.2. The minimum Gasteiger partial charge on any atom is -0.317 e. The van der Waals surface area contributed by atoms with Crippen LogP contribution >= 0.6 is 0 Å². The maximum Gasteiger partial charge on any atom is 0.227 e. The molecule has 0 aromatic carbocycles. The molecule has 2 rings (SSSR count). The molecule has 0 fully saturated rings. The molecule has 0 aliphatic rings. The minimum absolute atomic E-state index is 0.149. The van der Waals surface area contributed by atoms with Crippen molar-refractivity contribution in [2.45, 2.75) is 58.9 Å². The van der Waals surface area contributed by atoms with Crippen LogP contribution in [0.3, 0.4) is 0 Å². The molecular formula is C18H31N5O2S. The smallest absolute Gasteiger partial charge is 0.227 e. The van der Waals surface area contributed by atoms with Crippen molar-refractivity contribution in [1.82, 2.24) is 24.2 Å². The van der Waals surface area contributed by atoms with Crippen LogP contribution in [0.4, 0.5) is 0 Å². The third kappa shape index (κ3) is 4.17. The van der Waals surface area contributed by atoms with Gasteiger partial charge < -0.3 is 4.57 Å². The first-order valence-corrected chi connectivity index (χ1v) is 10.8. The molecule has 0 radical (unpaired) electrons. The summed E-state index contributed by atoms with van der Waals surface area (Å²) in [4.78, 5) is 6.40. The number of imidazole rings is 1. The van der Waals surface area contributed by atoms with Crippen molar-refractivity contribution >= 4 is 9.84 Å². The number of aromatic nitrogens is 4. The molecule has 146 valence electrons. The van der Waals surface area contributed by atoms with Gasteiger partial charge in [-0.15, -0.1) is 0 Å². The fraction of sp³-hybridized carbons (Fsp3) is 0.667. The standard InChI is InChI=1S/C18H31N5O2S/c1-12(2)10-23-16(9-19-18(23)26(8,24)25)11-21(6)14(4)17-13(3)20-22(7)15(17)5/h9,12,14H,10-11H2,1-8H3. The van der Waals surface area contributed by atoms with E-state index in [0.29, 0.717) is 19.0 Å². The first-order valence-electron chi connectivity index (χ1n) is 8.88. The molecular weight excluding hydrogens is 350 g/mol. The lowest BCUT2D eigenvalue weighted by atomic mass is 10.1. The lowest BCUT2D eigenvalue weighted by Crippen LogP contribution is -2.25. The second-order valence-electron chi connectivity index (χ2n) is 7.61. The van der Waals surface area contributed by atoms with E-state index in [1.165, 1.54) is 11.8 Å². The predicted molar refractivity (Wildman–Crippen MR) is 103 cm³/mol. The van der Waals surface area contributed by atoms with Crippen molar-refractivity contribution in [2.24, 2.45) is 13.0 Å². The first-order chi connectivity index (χ1) is 11.9. The Hall–Kier alpha value is -1.67. The topological polar surface area (TPSA) is 73.0 Å². The molecule has 1 unspecified atom stereocenters. The summed E-state index contributed by atoms with van der Waals surface area (Å²) < 4.78 is 27.9. The van der Waals surface area contributed by atoms with Crippen LogP contribution in [0.25, 0.3) is 0 Å². The highest BCUT2D eigenvalue weighted by Gasteiger charge is 2.24. The fourth-order valence-corrected chi connectivity index (χ4v) is 4.22. The SMILES string of the molecule is Cc1nn(C)c(C)c1C(C)N(C)Cc1cnc(S(C)(=O)=O)n1CC(C)C. The predicted octanol–water partition coefficient (Wildman–Crippen LogP) is 2.49. The second-order valence-corrected chi connectivity index (χ2v) is 9.52. The van der Waals surface area contributed by atoms with Gasteiger partial charge >= 0.3 is 0 Å². The van der Waals surface area contributed by atoms with Crippen LogP contribution in [0, 0.1) is 19.8 Å². The summed E-state index contributed by atoms with van der Waals surface area (Å²) in [5.41, 5.74) is 4.30. The minimum atomic E-state index is -3.36. The Morgan fingerprint density at radius 2 is 1.85 bits per heavy atom. The summed E-state index contributed by atoms with van der Waals surface area (Å²) in [6.07, 6.45) is 2.90. The van der Waals surface area contributed by atoms with E-state index in [4.69, 9.17) is 0 Å². The van der Waals surface area contributed by atoms with E-state index in [-0.39, 0.29) is 11.2 Å². The Morgan fingerprint density at radius 1 is 1.23 bits per heavy atom. The normalized spacial score (nSPS) is 13.8. The van der Waals surface area contributed by atoms with Gasteiger partial charge in [-0.3, -0.25) is 9.58 Å². The van der Waals surface area contributed by atoms with Gasteiger partial charge in [0, 0.05) is 43.7 Å². The summed E-state index contributed by atoms with van der Waals surface area (Å²) in [5, 5.41) is 4.66. The molecule has 8 heteroatoms. The number of aryl methyl sites for hydroxylation is 2. The Labute approximate surface area is 156 Å². The van der Waals surface area contributed by atoms with Gasteiger partial charge in [-0.05, 0) is 33.7 Å². The molecule has 0 amide bonds. The molecule has 0 aliphatic carbocycles. The third-order valence-electron chi connectivity index (χ3n) is 4.84. The van der Waals surface area contributed by atoms with Gasteiger partial charge in [0.15, 0.2) is 0 Å². The molecule has 2 aromatic rings. The van der Waals surface area contributed by atoms with Crippen LogP contribution < -0.4 is 0 Å². The van der Waals surface area contributed by atoms with Crippen molar-refractivity contribution < 1.29 is 8.42 Å². The van der Waals surface area contributed by atoms with Crippen LogP contribution in [-0.2, 0) is 30.0 Å². The first kappa shape index (κ1) is 20.6. The van der Waals surface area contributed by atoms with Crippen molar-refractivity contribution in [3.05, 3.63) is 28.8 Å². The molecule has 2 aromatic heterocycles. The van der Waals surface area contributed by atoms with E-state index < -0.39 is 9.84 Å². The molecule has 0 bridgehead atoms. The zero-order valence-electron chi connectivity index (χ0n) is 17.1. The zero-order chi connectivity index (χ0) is 19.8. The monoisotopic (exact) mass is 381 g/mol. The largest absolute Gasteiger partial charge is 0.317 e. The Bertz CT molecular complexity index is 880. The Balaban J connectivity index is 2.34. The summed E-state index contributed by atoms with van der Waals surface area (Å²) in [5.74, 6) is 0.328. The molecule has 26 heavy (non-hydrogen) atoms. The summed E-state index contributed by atoms with van der Waals surface area (Å²) in [6.45, 7) is 11.6. The van der Waals surface area contributed by atoms with Crippen LogP contribution in [0.5, 0.6) is 0 Å². The lowest BCUT2D eigenvalue weighted by Gasteiger charge is -2.26. The number of sulfone groups is 1. The highest BCUT2D eigenvalue weighted by molar-refractivity contribution is 7.90. The highest BCUT2D eigenvalue weighted by Crippen LogP contribution is 2.27. The molecule has 0 aliphatic heterocycles. The van der Waals surface area contributed by atoms with E-state index in [1.54, 1.807) is 6.20 Å². The summed E-state index contributed by atoms with van der Waals surface area (Å²) >= 11 is 0. The molecule has 0 spiro atoms. The Morgan fingerprint density at radius 3 is 2.31 bits per heavy atom. The van der Waals surface area contributed by atoms with Gasteiger partial charge in [-0.25, -0.2) is 13.4 Å². The molecule has 1 atom stereocenters. The van der Waals surface area contributed by atoms with Gasteiger partial charge in [-0.1, -0.05) is 13.8 Å². The molecule has 7 nitrogen and oxygen atoms in total. The van der Waals surface area contributed by atoms with Crippen molar-refractivity contribution in [2.75, 3.05) is 13.3 Å². The number of rotatable bonds is 7.